The lowest BCUT2D eigenvalue weighted by Gasteiger charge is -2.31. The van der Waals surface area contributed by atoms with Crippen molar-refractivity contribution in [2.24, 2.45) is 5.92 Å². The number of carbonyl (C=O) groups excluding carboxylic acids is 1. The number of methoxy groups -OCH3 is 1. The van der Waals surface area contributed by atoms with Crippen LogP contribution in [0.5, 0.6) is 5.75 Å². The Morgan fingerprint density at radius 1 is 1.23 bits per heavy atom. The summed E-state index contributed by atoms with van der Waals surface area (Å²) in [5.41, 5.74) is 2.66. The van der Waals surface area contributed by atoms with E-state index in [0.717, 1.165) is 21.3 Å². The van der Waals surface area contributed by atoms with Gasteiger partial charge < -0.3 is 10.1 Å². The summed E-state index contributed by atoms with van der Waals surface area (Å²) in [5, 5.41) is 3.22. The molecule has 1 saturated heterocycles. The summed E-state index contributed by atoms with van der Waals surface area (Å²) in [6.07, 6.45) is 1.25. The van der Waals surface area contributed by atoms with Crippen LogP contribution in [0, 0.1) is 19.8 Å². The van der Waals surface area contributed by atoms with Crippen molar-refractivity contribution in [3.05, 3.63) is 51.0 Å². The van der Waals surface area contributed by atoms with Crippen LogP contribution in [0.1, 0.15) is 24.0 Å². The molecule has 1 aliphatic rings. The van der Waals surface area contributed by atoms with Gasteiger partial charge >= 0.3 is 0 Å². The van der Waals surface area contributed by atoms with E-state index in [1.807, 2.05) is 26.0 Å². The number of halogens is 2. The SMILES string of the molecule is COc1ccc(S(=O)(=O)N2CCC[C@@H](C(=O)Nc3c(C)cc(Br)cc3C)C2)cc1Cl. The third-order valence-corrected chi connectivity index (χ3v) is 7.88. The third kappa shape index (κ3) is 4.82. The Balaban J connectivity index is 1.78. The number of nitrogens with zero attached hydrogens (tertiary/aromatic N) is 1. The molecule has 6 nitrogen and oxygen atoms in total. The van der Waals surface area contributed by atoms with Crippen LogP contribution < -0.4 is 10.1 Å². The average molecular weight is 516 g/mol. The normalized spacial score (nSPS) is 17.6. The predicted molar refractivity (Wildman–Crippen MR) is 122 cm³/mol. The number of rotatable bonds is 5. The number of nitrogens with one attached hydrogen (secondary N) is 1. The Morgan fingerprint density at radius 2 is 1.90 bits per heavy atom. The van der Waals surface area contributed by atoms with Gasteiger partial charge in [-0.2, -0.15) is 4.31 Å². The molecule has 0 saturated carbocycles. The van der Waals surface area contributed by atoms with Crippen LogP contribution in [0.4, 0.5) is 5.69 Å². The van der Waals surface area contributed by atoms with Crippen molar-refractivity contribution in [1.82, 2.24) is 4.31 Å². The third-order valence-electron chi connectivity index (χ3n) is 5.26. The van der Waals surface area contributed by atoms with E-state index >= 15 is 0 Å². The maximum atomic E-state index is 13.1. The van der Waals surface area contributed by atoms with Gasteiger partial charge in [-0.1, -0.05) is 27.5 Å². The fourth-order valence-electron chi connectivity index (χ4n) is 3.66. The highest BCUT2D eigenvalue weighted by atomic mass is 79.9. The number of benzene rings is 2. The van der Waals surface area contributed by atoms with Gasteiger partial charge in [0.2, 0.25) is 15.9 Å². The first-order valence-corrected chi connectivity index (χ1v) is 12.2. The molecule has 0 radical (unpaired) electrons. The number of aryl methyl sites for hydroxylation is 2. The zero-order valence-corrected chi connectivity index (χ0v) is 20.2. The molecule has 2 aromatic carbocycles. The number of anilines is 1. The second-order valence-electron chi connectivity index (χ2n) is 7.40. The van der Waals surface area contributed by atoms with Gasteiger partial charge in [0.25, 0.3) is 0 Å². The van der Waals surface area contributed by atoms with Crippen molar-refractivity contribution >= 4 is 49.1 Å². The lowest BCUT2D eigenvalue weighted by atomic mass is 9.98. The number of carbonyl (C=O) groups is 1. The zero-order chi connectivity index (χ0) is 22.1. The van der Waals surface area contributed by atoms with Crippen LogP contribution >= 0.6 is 27.5 Å². The Hall–Kier alpha value is -1.61. The number of hydrogen-bond donors (Lipinski definition) is 1. The number of ether oxygens (including phenoxy) is 1. The van der Waals surface area contributed by atoms with E-state index in [1.165, 1.54) is 29.6 Å². The highest BCUT2D eigenvalue weighted by Crippen LogP contribution is 2.31. The zero-order valence-electron chi connectivity index (χ0n) is 17.0. The molecule has 1 fully saturated rings. The van der Waals surface area contributed by atoms with Gasteiger partial charge in [-0.05, 0) is 68.1 Å². The molecule has 1 heterocycles. The van der Waals surface area contributed by atoms with E-state index in [1.54, 1.807) is 0 Å². The van der Waals surface area contributed by atoms with Crippen molar-refractivity contribution in [1.29, 1.82) is 0 Å². The molecule has 30 heavy (non-hydrogen) atoms. The van der Waals surface area contributed by atoms with Crippen molar-refractivity contribution in [2.45, 2.75) is 31.6 Å². The lowest BCUT2D eigenvalue weighted by Crippen LogP contribution is -2.43. The maximum Gasteiger partial charge on any atom is 0.243 e. The number of hydrogen-bond acceptors (Lipinski definition) is 4. The summed E-state index contributed by atoms with van der Waals surface area (Å²) < 4.78 is 33.6. The van der Waals surface area contributed by atoms with Gasteiger partial charge in [0, 0.05) is 23.2 Å². The molecule has 3 rings (SSSR count). The van der Waals surface area contributed by atoms with E-state index in [-0.39, 0.29) is 22.4 Å². The summed E-state index contributed by atoms with van der Waals surface area (Å²) in [5.74, 6) is -0.187. The Labute approximate surface area is 190 Å². The van der Waals surface area contributed by atoms with Crippen molar-refractivity contribution < 1.29 is 17.9 Å². The number of sulfonamides is 1. The van der Waals surface area contributed by atoms with Crippen LogP contribution in [0.25, 0.3) is 0 Å². The highest BCUT2D eigenvalue weighted by molar-refractivity contribution is 9.10. The van der Waals surface area contributed by atoms with E-state index in [0.29, 0.717) is 25.1 Å². The molecule has 1 aliphatic heterocycles. The first-order chi connectivity index (χ1) is 14.1. The molecule has 0 aromatic heterocycles. The molecule has 1 atom stereocenters. The lowest BCUT2D eigenvalue weighted by molar-refractivity contribution is -0.120. The van der Waals surface area contributed by atoms with Crippen molar-refractivity contribution in [2.75, 3.05) is 25.5 Å². The summed E-state index contributed by atoms with van der Waals surface area (Å²) in [7, 11) is -2.29. The second kappa shape index (κ2) is 9.26. The van der Waals surface area contributed by atoms with Crippen LogP contribution in [0.3, 0.4) is 0 Å². The van der Waals surface area contributed by atoms with Crippen molar-refractivity contribution in [3.63, 3.8) is 0 Å². The molecule has 1 N–H and O–H groups in total. The Bertz CT molecular complexity index is 1050. The highest BCUT2D eigenvalue weighted by Gasteiger charge is 2.34. The summed E-state index contributed by atoms with van der Waals surface area (Å²) in [6.45, 7) is 4.36. The molecule has 0 aliphatic carbocycles. The van der Waals surface area contributed by atoms with Gasteiger partial charge in [-0.25, -0.2) is 8.42 Å². The maximum absolute atomic E-state index is 13.1. The quantitative estimate of drug-likeness (QED) is 0.622. The first-order valence-electron chi connectivity index (χ1n) is 9.54. The fraction of sp³-hybridized carbons (Fsp3) is 0.381. The molecule has 0 unspecified atom stereocenters. The minimum absolute atomic E-state index is 0.0916. The first kappa shape index (κ1) is 23.1. The second-order valence-corrected chi connectivity index (χ2v) is 10.7. The monoisotopic (exact) mass is 514 g/mol. The minimum atomic E-state index is -3.76. The van der Waals surface area contributed by atoms with E-state index in [9.17, 15) is 13.2 Å². The molecule has 1 amide bonds. The van der Waals surface area contributed by atoms with Gasteiger partial charge in [-0.3, -0.25) is 4.79 Å². The number of amides is 1. The molecule has 162 valence electrons. The summed E-state index contributed by atoms with van der Waals surface area (Å²) in [4.78, 5) is 13.0. The van der Waals surface area contributed by atoms with Crippen LogP contribution in [0.15, 0.2) is 39.7 Å². The number of piperidine rings is 1. The largest absolute Gasteiger partial charge is 0.495 e. The molecular weight excluding hydrogens is 492 g/mol. The summed E-state index contributed by atoms with van der Waals surface area (Å²) in [6, 6.07) is 8.26. The molecule has 0 bridgehead atoms. The Kier molecular flexibility index (Phi) is 7.12. The average Bonchev–Trinajstić information content (AvgIpc) is 2.70. The predicted octanol–water partition coefficient (Wildman–Crippen LogP) is 4.77. The molecule has 9 heteroatoms. The topological polar surface area (TPSA) is 75.7 Å². The van der Waals surface area contributed by atoms with Gasteiger partial charge in [0.05, 0.1) is 22.9 Å². The summed E-state index contributed by atoms with van der Waals surface area (Å²) >= 11 is 9.56. The Morgan fingerprint density at radius 3 is 2.50 bits per heavy atom. The van der Waals surface area contributed by atoms with Gasteiger partial charge in [-0.15, -0.1) is 0 Å². The van der Waals surface area contributed by atoms with Crippen molar-refractivity contribution in [3.8, 4) is 5.75 Å². The fourth-order valence-corrected chi connectivity index (χ4v) is 6.22. The smallest absolute Gasteiger partial charge is 0.243 e. The van der Waals surface area contributed by atoms with E-state index in [4.69, 9.17) is 16.3 Å². The van der Waals surface area contributed by atoms with Crippen LogP contribution in [0.2, 0.25) is 5.02 Å². The van der Waals surface area contributed by atoms with E-state index in [2.05, 4.69) is 21.2 Å². The molecule has 0 spiro atoms. The molecular formula is C21H24BrClN2O4S. The van der Waals surface area contributed by atoms with Gasteiger partial charge in [0.1, 0.15) is 5.75 Å². The minimum Gasteiger partial charge on any atom is -0.495 e. The van der Waals surface area contributed by atoms with Gasteiger partial charge in [0.15, 0.2) is 0 Å². The molecule has 2 aromatic rings. The van der Waals surface area contributed by atoms with E-state index < -0.39 is 15.9 Å². The van der Waals surface area contributed by atoms with Crippen LogP contribution in [-0.2, 0) is 14.8 Å². The van der Waals surface area contributed by atoms with Crippen LogP contribution in [-0.4, -0.2) is 38.8 Å². The standard InChI is InChI=1S/C21H24BrClN2O4S/c1-13-9-16(22)10-14(2)20(13)24-21(26)15-5-4-8-25(12-15)30(27,28)17-6-7-19(29-3)18(23)11-17/h6-7,9-11,15H,4-5,8,12H2,1-3H3,(H,24,26)/t15-/m1/s1.